The van der Waals surface area contributed by atoms with E-state index in [2.05, 4.69) is 15.4 Å². The van der Waals surface area contributed by atoms with Gasteiger partial charge in [0.05, 0.1) is 23.4 Å². The van der Waals surface area contributed by atoms with Crippen LogP contribution in [0.2, 0.25) is 0 Å². The van der Waals surface area contributed by atoms with Gasteiger partial charge in [-0.3, -0.25) is 18.8 Å². The number of aryl methyl sites for hydroxylation is 1. The van der Waals surface area contributed by atoms with Gasteiger partial charge in [-0.2, -0.15) is 5.10 Å². The molecule has 1 aliphatic rings. The van der Waals surface area contributed by atoms with E-state index in [1.807, 2.05) is 27.7 Å². The number of nitrogens with one attached hydrogen (secondary N) is 1. The van der Waals surface area contributed by atoms with E-state index in [0.29, 0.717) is 11.0 Å². The number of carbonyl (C=O) groups excluding carboxylic acids is 1. The molecule has 1 aliphatic heterocycles. The highest BCUT2D eigenvalue weighted by atomic mass is 16.5. The number of fused-ring (bicyclic) bond motifs is 1. The summed E-state index contributed by atoms with van der Waals surface area (Å²) in [5, 5.41) is 7.40. The quantitative estimate of drug-likeness (QED) is 0.888. The molecule has 2 aromatic heterocycles. The maximum atomic E-state index is 12.4. The highest BCUT2D eigenvalue weighted by Crippen LogP contribution is 2.37. The second-order valence-electron chi connectivity index (χ2n) is 7.47. The van der Waals surface area contributed by atoms with Gasteiger partial charge in [-0.1, -0.05) is 0 Å². The zero-order valence-electron chi connectivity index (χ0n) is 14.7. The minimum atomic E-state index is -0.449. The highest BCUT2D eigenvalue weighted by Gasteiger charge is 2.46. The molecule has 24 heavy (non-hydrogen) atoms. The summed E-state index contributed by atoms with van der Waals surface area (Å²) < 4.78 is 8.81. The zero-order valence-corrected chi connectivity index (χ0v) is 14.7. The molecule has 8 nitrogen and oxygen atoms in total. The molecule has 1 N–H and O–H groups in total. The number of rotatable bonds is 3. The van der Waals surface area contributed by atoms with E-state index in [0.717, 1.165) is 6.42 Å². The van der Waals surface area contributed by atoms with Crippen LogP contribution >= 0.6 is 0 Å². The Hall–Kier alpha value is -2.22. The van der Waals surface area contributed by atoms with E-state index in [1.54, 1.807) is 7.05 Å². The molecule has 1 amide bonds. The minimum absolute atomic E-state index is 0.0797. The largest absolute Gasteiger partial charge is 0.367 e. The molecule has 0 aliphatic carbocycles. The molecule has 0 bridgehead atoms. The van der Waals surface area contributed by atoms with Crippen LogP contribution in [0.15, 0.2) is 17.3 Å². The van der Waals surface area contributed by atoms with Crippen molar-refractivity contribution in [2.45, 2.75) is 57.9 Å². The number of nitrogens with zero attached hydrogens (tertiary/aromatic N) is 4. The van der Waals surface area contributed by atoms with Gasteiger partial charge in [0, 0.05) is 7.05 Å². The smallest absolute Gasteiger partial charge is 0.264 e. The molecule has 3 rings (SSSR count). The second-order valence-corrected chi connectivity index (χ2v) is 7.47. The maximum Gasteiger partial charge on any atom is 0.264 e. The normalized spacial score (nSPS) is 22.0. The van der Waals surface area contributed by atoms with E-state index >= 15 is 0 Å². The van der Waals surface area contributed by atoms with Gasteiger partial charge in [0.1, 0.15) is 18.3 Å². The Balaban J connectivity index is 1.76. The van der Waals surface area contributed by atoms with E-state index in [1.165, 1.54) is 21.8 Å². The summed E-state index contributed by atoms with van der Waals surface area (Å²) in [5.74, 6) is -0.235. The summed E-state index contributed by atoms with van der Waals surface area (Å²) in [6.07, 6.45) is 3.57. The van der Waals surface area contributed by atoms with Crippen molar-refractivity contribution in [3.63, 3.8) is 0 Å². The summed E-state index contributed by atoms with van der Waals surface area (Å²) in [6.45, 7) is 7.85. The van der Waals surface area contributed by atoms with Crippen LogP contribution in [0.5, 0.6) is 0 Å². The SMILES string of the molecule is Cn1ncc2c(=O)n(CC(=O)NC3CC(C)(C)OC3(C)C)cnc21. The van der Waals surface area contributed by atoms with Crippen LogP contribution in [0, 0.1) is 0 Å². The molecule has 2 aromatic rings. The van der Waals surface area contributed by atoms with Gasteiger partial charge in [0.2, 0.25) is 5.91 Å². The molecular formula is C16H23N5O3. The van der Waals surface area contributed by atoms with Crippen molar-refractivity contribution in [1.29, 1.82) is 0 Å². The first kappa shape index (κ1) is 16.6. The van der Waals surface area contributed by atoms with Crippen molar-refractivity contribution in [3.8, 4) is 0 Å². The summed E-state index contributed by atoms with van der Waals surface area (Å²) in [7, 11) is 1.72. The van der Waals surface area contributed by atoms with Crippen molar-refractivity contribution in [2.24, 2.45) is 7.05 Å². The highest BCUT2D eigenvalue weighted by molar-refractivity contribution is 5.77. The van der Waals surface area contributed by atoms with Gasteiger partial charge in [-0.05, 0) is 34.1 Å². The first-order chi connectivity index (χ1) is 11.1. The third-order valence-electron chi connectivity index (χ3n) is 4.44. The molecule has 1 atom stereocenters. The Bertz CT molecular complexity index is 849. The number of amides is 1. The van der Waals surface area contributed by atoms with E-state index in [4.69, 9.17) is 4.74 Å². The van der Waals surface area contributed by atoms with Crippen LogP contribution in [-0.4, -0.2) is 42.5 Å². The van der Waals surface area contributed by atoms with Crippen molar-refractivity contribution in [3.05, 3.63) is 22.9 Å². The number of aromatic nitrogens is 4. The standard InChI is InChI=1S/C16H23N5O3/c1-15(2)6-11(16(3,4)24-15)19-12(22)8-21-9-17-13-10(14(21)23)7-18-20(13)5/h7,9,11H,6,8H2,1-5H3,(H,19,22). The lowest BCUT2D eigenvalue weighted by atomic mass is 9.94. The summed E-state index contributed by atoms with van der Waals surface area (Å²) >= 11 is 0. The third kappa shape index (κ3) is 2.93. The minimum Gasteiger partial charge on any atom is -0.367 e. The molecule has 3 heterocycles. The molecule has 1 unspecified atom stereocenters. The first-order valence-corrected chi connectivity index (χ1v) is 7.96. The molecule has 0 saturated carbocycles. The van der Waals surface area contributed by atoms with E-state index < -0.39 is 5.60 Å². The van der Waals surface area contributed by atoms with Gasteiger partial charge >= 0.3 is 0 Å². The molecule has 1 fully saturated rings. The molecule has 1 saturated heterocycles. The topological polar surface area (TPSA) is 91.0 Å². The summed E-state index contributed by atoms with van der Waals surface area (Å²) in [5.41, 5.74) is -0.501. The second kappa shape index (κ2) is 5.41. The lowest BCUT2D eigenvalue weighted by molar-refractivity contribution is -0.124. The van der Waals surface area contributed by atoms with Crippen molar-refractivity contribution >= 4 is 16.9 Å². The van der Waals surface area contributed by atoms with E-state index in [9.17, 15) is 9.59 Å². The van der Waals surface area contributed by atoms with Crippen LogP contribution < -0.4 is 10.9 Å². The van der Waals surface area contributed by atoms with Crippen molar-refractivity contribution in [2.75, 3.05) is 0 Å². The fourth-order valence-corrected chi connectivity index (χ4v) is 3.36. The Morgan fingerprint density at radius 2 is 2.12 bits per heavy atom. The zero-order chi connectivity index (χ0) is 17.7. The van der Waals surface area contributed by atoms with Crippen LogP contribution in [0.3, 0.4) is 0 Å². The van der Waals surface area contributed by atoms with Gasteiger partial charge in [-0.25, -0.2) is 4.98 Å². The lowest BCUT2D eigenvalue weighted by Crippen LogP contribution is -2.47. The van der Waals surface area contributed by atoms with Gasteiger partial charge < -0.3 is 10.1 Å². The molecular weight excluding hydrogens is 310 g/mol. The first-order valence-electron chi connectivity index (χ1n) is 7.96. The molecule has 130 valence electrons. The van der Waals surface area contributed by atoms with Gasteiger partial charge in [-0.15, -0.1) is 0 Å². The Morgan fingerprint density at radius 1 is 1.42 bits per heavy atom. The molecule has 0 radical (unpaired) electrons. The predicted octanol–water partition coefficient (Wildman–Crippen LogP) is 0.592. The summed E-state index contributed by atoms with van der Waals surface area (Å²) in [4.78, 5) is 29.0. The fourth-order valence-electron chi connectivity index (χ4n) is 3.36. The number of ether oxygens (including phenoxy) is 1. The Morgan fingerprint density at radius 3 is 2.75 bits per heavy atom. The van der Waals surface area contributed by atoms with Crippen molar-refractivity contribution < 1.29 is 9.53 Å². The van der Waals surface area contributed by atoms with Crippen LogP contribution in [0.4, 0.5) is 0 Å². The Kier molecular flexibility index (Phi) is 3.75. The monoisotopic (exact) mass is 333 g/mol. The fraction of sp³-hybridized carbons (Fsp3) is 0.625. The van der Waals surface area contributed by atoms with Crippen molar-refractivity contribution in [1.82, 2.24) is 24.6 Å². The molecule has 0 spiro atoms. The number of hydrogen-bond acceptors (Lipinski definition) is 5. The number of carbonyl (C=O) groups is 1. The van der Waals surface area contributed by atoms with Crippen LogP contribution in [-0.2, 0) is 23.1 Å². The van der Waals surface area contributed by atoms with E-state index in [-0.39, 0.29) is 29.7 Å². The third-order valence-corrected chi connectivity index (χ3v) is 4.44. The van der Waals surface area contributed by atoms with Crippen LogP contribution in [0.25, 0.3) is 11.0 Å². The average Bonchev–Trinajstić information content (AvgIpc) is 2.91. The Labute approximate surface area is 139 Å². The average molecular weight is 333 g/mol. The lowest BCUT2D eigenvalue weighted by Gasteiger charge is -2.27. The predicted molar refractivity (Wildman–Crippen MR) is 88.6 cm³/mol. The molecule has 0 aromatic carbocycles. The molecule has 8 heteroatoms. The summed E-state index contributed by atoms with van der Waals surface area (Å²) in [6, 6.07) is -0.106. The van der Waals surface area contributed by atoms with Crippen LogP contribution in [0.1, 0.15) is 34.1 Å². The number of hydrogen-bond donors (Lipinski definition) is 1. The maximum absolute atomic E-state index is 12.4. The van der Waals surface area contributed by atoms with Gasteiger partial charge in [0.15, 0.2) is 5.65 Å². The van der Waals surface area contributed by atoms with Gasteiger partial charge in [0.25, 0.3) is 5.56 Å².